The summed E-state index contributed by atoms with van der Waals surface area (Å²) in [6, 6.07) is 17.0. The lowest BCUT2D eigenvalue weighted by Crippen LogP contribution is -2.13. The molecule has 0 aromatic heterocycles. The first kappa shape index (κ1) is 20.4. The number of nitrogens with zero attached hydrogens (tertiary/aromatic N) is 1. The lowest BCUT2D eigenvalue weighted by Gasteiger charge is -2.11. The van der Waals surface area contributed by atoms with Crippen LogP contribution < -0.4 is 4.72 Å². The Labute approximate surface area is 174 Å². The number of benzene rings is 3. The van der Waals surface area contributed by atoms with E-state index in [9.17, 15) is 8.42 Å². The van der Waals surface area contributed by atoms with Gasteiger partial charge in [0, 0.05) is 11.8 Å². The van der Waals surface area contributed by atoms with Gasteiger partial charge < -0.3 is 0 Å². The maximum Gasteiger partial charge on any atom is 0.261 e. The normalized spacial score (nSPS) is 11.7. The molecule has 1 N–H and O–H groups in total. The van der Waals surface area contributed by atoms with Gasteiger partial charge in [-0.3, -0.25) is 9.71 Å². The number of nitrogens with one attached hydrogen (secondary N) is 1. The molecule has 0 atom stereocenters. The van der Waals surface area contributed by atoms with Crippen LogP contribution in [0.2, 0.25) is 10.0 Å². The lowest BCUT2D eigenvalue weighted by molar-refractivity contribution is 0.601. The minimum absolute atomic E-state index is 0.155. The SMILES string of the molecule is Cc1ccc(NS(=O)(=O)c2ccc(N=Cc3c(Cl)cccc3Cl)cc2)c(C)c1. The number of hydrogen-bond acceptors (Lipinski definition) is 3. The zero-order chi connectivity index (χ0) is 20.3. The summed E-state index contributed by atoms with van der Waals surface area (Å²) in [5.74, 6) is 0. The molecule has 3 rings (SSSR count). The first-order valence-corrected chi connectivity index (χ1v) is 10.7. The molecule has 144 valence electrons. The van der Waals surface area contributed by atoms with E-state index in [0.29, 0.717) is 27.0 Å². The second-order valence-electron chi connectivity index (χ2n) is 6.31. The molecule has 0 aliphatic heterocycles. The summed E-state index contributed by atoms with van der Waals surface area (Å²) in [5.41, 5.74) is 3.68. The quantitative estimate of drug-likeness (QED) is 0.490. The molecule has 0 heterocycles. The second kappa shape index (κ2) is 8.35. The van der Waals surface area contributed by atoms with Crippen molar-refractivity contribution in [2.75, 3.05) is 4.72 Å². The van der Waals surface area contributed by atoms with Crippen LogP contribution in [0.15, 0.2) is 70.6 Å². The van der Waals surface area contributed by atoms with Crippen LogP contribution in [0.1, 0.15) is 16.7 Å². The summed E-state index contributed by atoms with van der Waals surface area (Å²) in [7, 11) is -3.69. The van der Waals surface area contributed by atoms with Crippen LogP contribution in [0, 0.1) is 13.8 Å². The summed E-state index contributed by atoms with van der Waals surface area (Å²) in [6.45, 7) is 3.82. The third kappa shape index (κ3) is 4.73. The van der Waals surface area contributed by atoms with E-state index in [1.807, 2.05) is 26.0 Å². The summed E-state index contributed by atoms with van der Waals surface area (Å²) in [4.78, 5) is 4.47. The Bertz CT molecular complexity index is 1120. The van der Waals surface area contributed by atoms with Gasteiger partial charge in [-0.05, 0) is 61.9 Å². The highest BCUT2D eigenvalue weighted by molar-refractivity contribution is 7.92. The first-order chi connectivity index (χ1) is 13.3. The summed E-state index contributed by atoms with van der Waals surface area (Å²) >= 11 is 12.2. The standard InChI is InChI=1S/C21H18Cl2N2O2S/c1-14-6-11-21(15(2)12-14)25-28(26,27)17-9-7-16(8-10-17)24-13-18-19(22)4-3-5-20(18)23/h3-13,25H,1-2H3. The molecule has 0 bridgehead atoms. The Kier molecular flexibility index (Phi) is 6.08. The van der Waals surface area contributed by atoms with Gasteiger partial charge in [-0.1, -0.05) is 47.0 Å². The van der Waals surface area contributed by atoms with Crippen LogP contribution in [0.4, 0.5) is 11.4 Å². The molecular formula is C21H18Cl2N2O2S. The van der Waals surface area contributed by atoms with Crippen molar-refractivity contribution in [3.05, 3.63) is 87.4 Å². The van der Waals surface area contributed by atoms with Crippen molar-refractivity contribution < 1.29 is 8.42 Å². The number of aliphatic imine (C=N–C) groups is 1. The average Bonchev–Trinajstić information content (AvgIpc) is 2.64. The van der Waals surface area contributed by atoms with E-state index in [1.165, 1.54) is 12.1 Å². The highest BCUT2D eigenvalue weighted by Gasteiger charge is 2.15. The molecule has 0 saturated heterocycles. The van der Waals surface area contributed by atoms with Crippen molar-refractivity contribution in [1.29, 1.82) is 0 Å². The number of aryl methyl sites for hydroxylation is 2. The van der Waals surface area contributed by atoms with E-state index in [1.54, 1.807) is 42.6 Å². The molecule has 0 spiro atoms. The predicted octanol–water partition coefficient (Wildman–Crippen LogP) is 6.16. The third-order valence-corrected chi connectivity index (χ3v) is 6.16. The molecule has 0 aliphatic carbocycles. The Hall–Kier alpha value is -2.34. The molecule has 0 amide bonds. The highest BCUT2D eigenvalue weighted by atomic mass is 35.5. The number of rotatable bonds is 5. The lowest BCUT2D eigenvalue weighted by atomic mass is 10.1. The van der Waals surface area contributed by atoms with E-state index in [2.05, 4.69) is 9.71 Å². The fraction of sp³-hybridized carbons (Fsp3) is 0.0952. The van der Waals surface area contributed by atoms with Crippen LogP contribution in [-0.4, -0.2) is 14.6 Å². The maximum atomic E-state index is 12.6. The zero-order valence-corrected chi connectivity index (χ0v) is 17.6. The fourth-order valence-electron chi connectivity index (χ4n) is 2.62. The van der Waals surface area contributed by atoms with E-state index in [4.69, 9.17) is 23.2 Å². The van der Waals surface area contributed by atoms with E-state index in [0.717, 1.165) is 11.1 Å². The van der Waals surface area contributed by atoms with Crippen LogP contribution >= 0.6 is 23.2 Å². The molecule has 28 heavy (non-hydrogen) atoms. The number of hydrogen-bond donors (Lipinski definition) is 1. The molecule has 3 aromatic carbocycles. The molecule has 4 nitrogen and oxygen atoms in total. The van der Waals surface area contributed by atoms with E-state index in [-0.39, 0.29) is 4.90 Å². The van der Waals surface area contributed by atoms with Gasteiger partial charge in [0.15, 0.2) is 0 Å². The fourth-order valence-corrected chi connectivity index (χ4v) is 4.24. The molecule has 0 radical (unpaired) electrons. The number of halogens is 2. The Morgan fingerprint density at radius 3 is 2.18 bits per heavy atom. The van der Waals surface area contributed by atoms with Gasteiger partial charge in [0.05, 0.1) is 26.3 Å². The second-order valence-corrected chi connectivity index (χ2v) is 8.81. The summed E-state index contributed by atoms with van der Waals surface area (Å²) in [6.07, 6.45) is 1.56. The molecule has 0 aliphatic rings. The minimum Gasteiger partial charge on any atom is -0.279 e. The van der Waals surface area contributed by atoms with Crippen molar-refractivity contribution in [3.63, 3.8) is 0 Å². The van der Waals surface area contributed by atoms with Crippen molar-refractivity contribution >= 4 is 50.8 Å². The van der Waals surface area contributed by atoms with Gasteiger partial charge in [-0.15, -0.1) is 0 Å². The number of sulfonamides is 1. The van der Waals surface area contributed by atoms with Crippen LogP contribution in [0.5, 0.6) is 0 Å². The molecule has 3 aromatic rings. The summed E-state index contributed by atoms with van der Waals surface area (Å²) in [5, 5.41) is 0.987. The zero-order valence-electron chi connectivity index (χ0n) is 15.3. The van der Waals surface area contributed by atoms with Gasteiger partial charge >= 0.3 is 0 Å². The van der Waals surface area contributed by atoms with Crippen molar-refractivity contribution in [1.82, 2.24) is 0 Å². The van der Waals surface area contributed by atoms with E-state index < -0.39 is 10.0 Å². The number of anilines is 1. The van der Waals surface area contributed by atoms with Gasteiger partial charge in [0.1, 0.15) is 0 Å². The van der Waals surface area contributed by atoms with Gasteiger partial charge in [0.2, 0.25) is 0 Å². The van der Waals surface area contributed by atoms with Crippen LogP contribution in [0.3, 0.4) is 0 Å². The highest BCUT2D eigenvalue weighted by Crippen LogP contribution is 2.25. The van der Waals surface area contributed by atoms with Crippen LogP contribution in [-0.2, 0) is 10.0 Å². The molecule has 7 heteroatoms. The molecule has 0 fully saturated rings. The monoisotopic (exact) mass is 432 g/mol. The molecule has 0 unspecified atom stereocenters. The summed E-state index contributed by atoms with van der Waals surface area (Å²) < 4.78 is 27.9. The molecule has 0 saturated carbocycles. The predicted molar refractivity (Wildman–Crippen MR) is 117 cm³/mol. The third-order valence-electron chi connectivity index (χ3n) is 4.12. The Morgan fingerprint density at radius 1 is 0.929 bits per heavy atom. The van der Waals surface area contributed by atoms with Gasteiger partial charge in [-0.2, -0.15) is 0 Å². The smallest absolute Gasteiger partial charge is 0.261 e. The molecular weight excluding hydrogens is 415 g/mol. The topological polar surface area (TPSA) is 58.5 Å². The van der Waals surface area contributed by atoms with Gasteiger partial charge in [0.25, 0.3) is 10.0 Å². The largest absolute Gasteiger partial charge is 0.279 e. The minimum atomic E-state index is -3.69. The maximum absolute atomic E-state index is 12.6. The van der Waals surface area contributed by atoms with Crippen molar-refractivity contribution in [3.8, 4) is 0 Å². The Balaban J connectivity index is 1.80. The van der Waals surface area contributed by atoms with Gasteiger partial charge in [-0.25, -0.2) is 8.42 Å². The average molecular weight is 433 g/mol. The first-order valence-electron chi connectivity index (χ1n) is 8.44. The van der Waals surface area contributed by atoms with Crippen molar-refractivity contribution in [2.24, 2.45) is 4.99 Å². The van der Waals surface area contributed by atoms with Crippen molar-refractivity contribution in [2.45, 2.75) is 18.7 Å². The Morgan fingerprint density at radius 2 is 1.57 bits per heavy atom. The van der Waals surface area contributed by atoms with E-state index >= 15 is 0 Å². The van der Waals surface area contributed by atoms with Crippen LogP contribution in [0.25, 0.3) is 0 Å².